The summed E-state index contributed by atoms with van der Waals surface area (Å²) in [6, 6.07) is 66.3. The third-order valence-corrected chi connectivity index (χ3v) is 10.6. The maximum absolute atomic E-state index is 4.25. The van der Waals surface area contributed by atoms with Crippen LogP contribution in [0.5, 0.6) is 0 Å². The molecule has 252 valence electrons. The molecule has 0 atom stereocenters. The van der Waals surface area contributed by atoms with E-state index in [1.165, 1.54) is 71.3 Å². The molecular formula is C52H34N2. The summed E-state index contributed by atoms with van der Waals surface area (Å²) in [6.45, 7) is 0. The quantitative estimate of drug-likeness (QED) is 0.163. The fraction of sp³-hybridized carbons (Fsp3) is 0. The van der Waals surface area contributed by atoms with Crippen molar-refractivity contribution in [2.75, 3.05) is 0 Å². The van der Waals surface area contributed by atoms with Gasteiger partial charge in [0.05, 0.1) is 0 Å². The highest BCUT2D eigenvalue weighted by Gasteiger charge is 2.13. The lowest BCUT2D eigenvalue weighted by molar-refractivity contribution is 1.33. The van der Waals surface area contributed by atoms with Crippen LogP contribution >= 0.6 is 0 Å². The van der Waals surface area contributed by atoms with Crippen LogP contribution in [0, 0.1) is 0 Å². The largest absolute Gasteiger partial charge is 0.265 e. The Hall–Kier alpha value is -7.16. The number of hydrogen-bond acceptors (Lipinski definition) is 2. The SMILES string of the molecule is c1ccc(-c2ccc3c(c2)c2ccccc2c2ccc(-c4cccc(-c5cccc(-c6cc(-c7ccncc7)cc(-c7ccncc7)c6)c5)c4)cc23)cc1. The molecule has 2 nitrogen and oxygen atoms in total. The molecule has 0 saturated carbocycles. The van der Waals surface area contributed by atoms with Crippen molar-refractivity contribution in [1.29, 1.82) is 0 Å². The van der Waals surface area contributed by atoms with Gasteiger partial charge in [-0.05, 0) is 166 Å². The molecule has 2 heterocycles. The predicted molar refractivity (Wildman–Crippen MR) is 227 cm³/mol. The van der Waals surface area contributed by atoms with E-state index in [1.807, 2.05) is 24.8 Å². The molecule has 8 aromatic carbocycles. The standard InChI is InChI=1S/C52H34N2/c1-2-8-35(9-3-1)42-16-19-50-51(33-42)48-15-5-4-14-47(48)49-18-17-43(34-52(49)50)40-12-6-10-38(28-40)39-11-7-13-41(29-39)46-31-44(36-20-24-53-25-21-36)30-45(32-46)37-22-26-54-27-23-37/h1-34H. The highest BCUT2D eigenvalue weighted by molar-refractivity contribution is 6.26. The van der Waals surface area contributed by atoms with Crippen molar-refractivity contribution in [1.82, 2.24) is 9.97 Å². The van der Waals surface area contributed by atoms with E-state index in [9.17, 15) is 0 Å². The third kappa shape index (κ3) is 5.81. The predicted octanol–water partition coefficient (Wildman–Crippen LogP) is 13.9. The van der Waals surface area contributed by atoms with E-state index in [-0.39, 0.29) is 0 Å². The van der Waals surface area contributed by atoms with Gasteiger partial charge in [0.15, 0.2) is 0 Å². The monoisotopic (exact) mass is 686 g/mol. The molecule has 0 aliphatic rings. The van der Waals surface area contributed by atoms with Gasteiger partial charge in [-0.15, -0.1) is 0 Å². The maximum Gasteiger partial charge on any atom is 0.0273 e. The Kier molecular flexibility index (Phi) is 7.85. The summed E-state index contributed by atoms with van der Waals surface area (Å²) in [4.78, 5) is 8.50. The van der Waals surface area contributed by atoms with Crippen LogP contribution in [-0.2, 0) is 0 Å². The number of nitrogens with zero attached hydrogens (tertiary/aromatic N) is 2. The van der Waals surface area contributed by atoms with Gasteiger partial charge in [0.25, 0.3) is 0 Å². The molecule has 0 amide bonds. The summed E-state index contributed by atoms with van der Waals surface area (Å²) in [5, 5.41) is 7.66. The Morgan fingerprint density at radius 1 is 0.185 bits per heavy atom. The molecule has 0 spiro atoms. The lowest BCUT2D eigenvalue weighted by Gasteiger charge is -2.14. The van der Waals surface area contributed by atoms with Crippen LogP contribution in [0.25, 0.3) is 99.1 Å². The molecule has 10 aromatic rings. The lowest BCUT2D eigenvalue weighted by Crippen LogP contribution is -1.88. The molecule has 10 rings (SSSR count). The summed E-state index contributed by atoms with van der Waals surface area (Å²) in [5.74, 6) is 0. The van der Waals surface area contributed by atoms with Crippen molar-refractivity contribution in [2.45, 2.75) is 0 Å². The van der Waals surface area contributed by atoms with Crippen molar-refractivity contribution in [2.24, 2.45) is 0 Å². The Labute approximate surface area is 314 Å². The molecular weight excluding hydrogens is 653 g/mol. The van der Waals surface area contributed by atoms with Gasteiger partial charge in [0.2, 0.25) is 0 Å². The van der Waals surface area contributed by atoms with Crippen LogP contribution in [-0.4, -0.2) is 9.97 Å². The van der Waals surface area contributed by atoms with E-state index in [0.29, 0.717) is 0 Å². The van der Waals surface area contributed by atoms with Gasteiger partial charge in [-0.25, -0.2) is 0 Å². The van der Waals surface area contributed by atoms with Crippen LogP contribution < -0.4 is 0 Å². The summed E-state index contributed by atoms with van der Waals surface area (Å²) in [5.41, 5.74) is 14.1. The minimum Gasteiger partial charge on any atom is -0.265 e. The fourth-order valence-electron chi connectivity index (χ4n) is 7.92. The van der Waals surface area contributed by atoms with Crippen LogP contribution in [0.4, 0.5) is 0 Å². The van der Waals surface area contributed by atoms with Gasteiger partial charge in [0, 0.05) is 24.8 Å². The molecule has 0 aliphatic carbocycles. The highest BCUT2D eigenvalue weighted by Crippen LogP contribution is 2.40. The topological polar surface area (TPSA) is 25.8 Å². The average molecular weight is 687 g/mol. The minimum absolute atomic E-state index is 1.14. The summed E-state index contributed by atoms with van der Waals surface area (Å²) >= 11 is 0. The first-order valence-electron chi connectivity index (χ1n) is 18.4. The first-order valence-corrected chi connectivity index (χ1v) is 18.4. The van der Waals surface area contributed by atoms with E-state index in [1.54, 1.807) is 0 Å². The number of pyridine rings is 2. The zero-order valence-corrected chi connectivity index (χ0v) is 29.5. The van der Waals surface area contributed by atoms with Crippen LogP contribution in [0.2, 0.25) is 0 Å². The first kappa shape index (κ1) is 31.6. The zero-order valence-electron chi connectivity index (χ0n) is 29.5. The first-order chi connectivity index (χ1) is 26.7. The number of benzene rings is 8. The number of rotatable bonds is 6. The number of hydrogen-bond donors (Lipinski definition) is 0. The Morgan fingerprint density at radius 3 is 1.02 bits per heavy atom. The summed E-state index contributed by atoms with van der Waals surface area (Å²) in [6.07, 6.45) is 7.40. The minimum atomic E-state index is 1.14. The molecule has 0 saturated heterocycles. The summed E-state index contributed by atoms with van der Waals surface area (Å²) in [7, 11) is 0. The van der Waals surface area contributed by atoms with E-state index < -0.39 is 0 Å². The third-order valence-electron chi connectivity index (χ3n) is 10.6. The summed E-state index contributed by atoms with van der Waals surface area (Å²) < 4.78 is 0. The van der Waals surface area contributed by atoms with Crippen molar-refractivity contribution in [3.8, 4) is 66.8 Å². The lowest BCUT2D eigenvalue weighted by atomic mass is 9.90. The zero-order chi connectivity index (χ0) is 35.8. The average Bonchev–Trinajstić information content (AvgIpc) is 3.27. The molecule has 0 N–H and O–H groups in total. The Balaban J connectivity index is 1.06. The molecule has 0 radical (unpaired) electrons. The van der Waals surface area contributed by atoms with Gasteiger partial charge in [-0.1, -0.05) is 115 Å². The van der Waals surface area contributed by atoms with Crippen molar-refractivity contribution in [3.05, 3.63) is 207 Å². The number of fused-ring (bicyclic) bond motifs is 6. The van der Waals surface area contributed by atoms with E-state index in [4.69, 9.17) is 0 Å². The normalized spacial score (nSPS) is 11.3. The van der Waals surface area contributed by atoms with Gasteiger partial charge in [-0.2, -0.15) is 0 Å². The van der Waals surface area contributed by atoms with Crippen molar-refractivity contribution >= 4 is 32.3 Å². The van der Waals surface area contributed by atoms with Gasteiger partial charge < -0.3 is 0 Å². The highest BCUT2D eigenvalue weighted by atomic mass is 14.6. The molecule has 2 heteroatoms. The molecule has 0 bridgehead atoms. The molecule has 0 fully saturated rings. The Bertz CT molecular complexity index is 2910. The van der Waals surface area contributed by atoms with Crippen molar-refractivity contribution in [3.63, 3.8) is 0 Å². The number of aromatic nitrogens is 2. The van der Waals surface area contributed by atoms with Gasteiger partial charge in [-0.3, -0.25) is 9.97 Å². The van der Waals surface area contributed by atoms with Crippen molar-refractivity contribution < 1.29 is 0 Å². The molecule has 2 aromatic heterocycles. The van der Waals surface area contributed by atoms with Crippen LogP contribution in [0.15, 0.2) is 207 Å². The maximum atomic E-state index is 4.25. The molecule has 0 aliphatic heterocycles. The van der Waals surface area contributed by atoms with Gasteiger partial charge in [0.1, 0.15) is 0 Å². The second kappa shape index (κ2) is 13.4. The second-order valence-electron chi connectivity index (χ2n) is 13.9. The molecule has 54 heavy (non-hydrogen) atoms. The van der Waals surface area contributed by atoms with E-state index >= 15 is 0 Å². The fourth-order valence-corrected chi connectivity index (χ4v) is 7.92. The molecule has 0 unspecified atom stereocenters. The smallest absolute Gasteiger partial charge is 0.0273 e. The van der Waals surface area contributed by atoms with E-state index in [2.05, 4.69) is 192 Å². The van der Waals surface area contributed by atoms with E-state index in [0.717, 1.165) is 27.8 Å². The van der Waals surface area contributed by atoms with Crippen LogP contribution in [0.3, 0.4) is 0 Å². The Morgan fingerprint density at radius 2 is 0.500 bits per heavy atom. The van der Waals surface area contributed by atoms with Gasteiger partial charge >= 0.3 is 0 Å². The second-order valence-corrected chi connectivity index (χ2v) is 13.9. The van der Waals surface area contributed by atoms with Crippen LogP contribution in [0.1, 0.15) is 0 Å².